The molecule has 16 heavy (non-hydrogen) atoms. The zero-order valence-electron chi connectivity index (χ0n) is 8.84. The van der Waals surface area contributed by atoms with Crippen LogP contribution in [0.15, 0.2) is 52.8 Å². The van der Waals surface area contributed by atoms with Crippen LogP contribution >= 0.6 is 11.8 Å². The molecule has 0 radical (unpaired) electrons. The van der Waals surface area contributed by atoms with E-state index >= 15 is 0 Å². The number of hydrogen-bond acceptors (Lipinski definition) is 4. The van der Waals surface area contributed by atoms with Crippen molar-refractivity contribution in [2.24, 2.45) is 5.73 Å². The fourth-order valence-corrected chi connectivity index (χ4v) is 2.24. The Morgan fingerprint density at radius 1 is 1.06 bits per heavy atom. The van der Waals surface area contributed by atoms with Gasteiger partial charge in [-0.15, -0.1) is 0 Å². The lowest BCUT2D eigenvalue weighted by atomic mass is 10.2. The summed E-state index contributed by atoms with van der Waals surface area (Å²) in [6, 6.07) is 9.86. The Bertz CT molecular complexity index is 445. The van der Waals surface area contributed by atoms with Crippen LogP contribution in [0, 0.1) is 0 Å². The second kappa shape index (κ2) is 5.63. The Balaban J connectivity index is 2.21. The van der Waals surface area contributed by atoms with Crippen molar-refractivity contribution in [1.29, 1.82) is 0 Å². The molecule has 2 aromatic rings. The molecule has 0 aliphatic rings. The van der Waals surface area contributed by atoms with Crippen molar-refractivity contribution in [3.63, 3.8) is 0 Å². The number of hydrogen-bond donors (Lipinski definition) is 1. The predicted octanol–water partition coefficient (Wildman–Crippen LogP) is 2.13. The molecule has 0 saturated heterocycles. The maximum atomic E-state index is 5.57. The summed E-state index contributed by atoms with van der Waals surface area (Å²) in [5.74, 6) is 0. The number of aromatic nitrogens is 2. The molecule has 0 aliphatic carbocycles. The van der Waals surface area contributed by atoms with E-state index in [-0.39, 0.29) is 0 Å². The number of nitrogens with zero attached hydrogens (tertiary/aromatic N) is 2. The Labute approximate surface area is 99.1 Å². The van der Waals surface area contributed by atoms with Crippen LogP contribution in [0.2, 0.25) is 0 Å². The lowest BCUT2D eigenvalue weighted by Gasteiger charge is -2.05. The summed E-state index contributed by atoms with van der Waals surface area (Å²) in [4.78, 5) is 8.63. The van der Waals surface area contributed by atoms with E-state index in [4.69, 9.17) is 5.73 Å². The van der Waals surface area contributed by atoms with Gasteiger partial charge in [-0.1, -0.05) is 12.1 Å². The first-order chi connectivity index (χ1) is 7.90. The smallest absolute Gasteiger partial charge is 0.105 e. The molecule has 0 aromatic carbocycles. The van der Waals surface area contributed by atoms with E-state index < -0.39 is 0 Å². The van der Waals surface area contributed by atoms with Crippen molar-refractivity contribution in [2.75, 3.05) is 6.54 Å². The topological polar surface area (TPSA) is 51.8 Å². The number of nitrogens with two attached hydrogens (primary N) is 1. The molecule has 2 rings (SSSR count). The highest BCUT2D eigenvalue weighted by Crippen LogP contribution is 2.26. The van der Waals surface area contributed by atoms with Crippen LogP contribution in [0.3, 0.4) is 0 Å². The van der Waals surface area contributed by atoms with Crippen LogP contribution in [0.4, 0.5) is 0 Å². The standard InChI is InChI=1S/C12H13N3S/c13-7-6-10-4-3-9-15-12(10)16-11-5-1-2-8-14-11/h1-5,8-9H,6-7,13H2. The minimum Gasteiger partial charge on any atom is -0.330 e. The Morgan fingerprint density at radius 3 is 2.69 bits per heavy atom. The van der Waals surface area contributed by atoms with E-state index in [9.17, 15) is 0 Å². The van der Waals surface area contributed by atoms with E-state index in [1.807, 2.05) is 24.3 Å². The molecule has 3 nitrogen and oxygen atoms in total. The maximum Gasteiger partial charge on any atom is 0.105 e. The third-order valence-corrected chi connectivity index (χ3v) is 3.11. The first kappa shape index (κ1) is 11.1. The minimum absolute atomic E-state index is 0.640. The minimum atomic E-state index is 0.640. The monoisotopic (exact) mass is 231 g/mol. The molecule has 0 atom stereocenters. The predicted molar refractivity (Wildman–Crippen MR) is 65.4 cm³/mol. The highest BCUT2D eigenvalue weighted by Gasteiger charge is 2.04. The van der Waals surface area contributed by atoms with Gasteiger partial charge < -0.3 is 5.73 Å². The zero-order chi connectivity index (χ0) is 11.2. The van der Waals surface area contributed by atoms with Crippen molar-refractivity contribution in [3.8, 4) is 0 Å². The first-order valence-electron chi connectivity index (χ1n) is 5.13. The van der Waals surface area contributed by atoms with Gasteiger partial charge in [-0.2, -0.15) is 0 Å². The lowest BCUT2D eigenvalue weighted by Crippen LogP contribution is -2.04. The van der Waals surface area contributed by atoms with Crippen LogP contribution in [-0.4, -0.2) is 16.5 Å². The number of rotatable bonds is 4. The molecule has 0 saturated carbocycles. The molecule has 0 aliphatic heterocycles. The summed E-state index contributed by atoms with van der Waals surface area (Å²) in [7, 11) is 0. The van der Waals surface area contributed by atoms with Gasteiger partial charge in [-0.05, 0) is 48.5 Å². The van der Waals surface area contributed by atoms with Crippen molar-refractivity contribution in [1.82, 2.24) is 9.97 Å². The third-order valence-electron chi connectivity index (χ3n) is 2.10. The fourth-order valence-electron chi connectivity index (χ4n) is 1.37. The molecule has 0 fully saturated rings. The van der Waals surface area contributed by atoms with Crippen LogP contribution in [0.1, 0.15) is 5.56 Å². The van der Waals surface area contributed by atoms with Gasteiger partial charge in [0, 0.05) is 12.4 Å². The molecule has 82 valence electrons. The average Bonchev–Trinajstić information content (AvgIpc) is 2.33. The molecule has 2 heterocycles. The summed E-state index contributed by atoms with van der Waals surface area (Å²) in [5, 5.41) is 1.95. The summed E-state index contributed by atoms with van der Waals surface area (Å²) in [5.41, 5.74) is 6.75. The van der Waals surface area contributed by atoms with Gasteiger partial charge in [-0.25, -0.2) is 9.97 Å². The molecule has 4 heteroatoms. The zero-order valence-corrected chi connectivity index (χ0v) is 9.65. The van der Waals surface area contributed by atoms with Crippen LogP contribution in [0.5, 0.6) is 0 Å². The summed E-state index contributed by atoms with van der Waals surface area (Å²) in [6.07, 6.45) is 4.43. The summed E-state index contributed by atoms with van der Waals surface area (Å²) >= 11 is 1.58. The van der Waals surface area contributed by atoms with Crippen molar-refractivity contribution < 1.29 is 0 Å². The first-order valence-corrected chi connectivity index (χ1v) is 5.94. The van der Waals surface area contributed by atoms with Gasteiger partial charge in [0.25, 0.3) is 0 Å². The molecular weight excluding hydrogens is 218 g/mol. The molecule has 0 amide bonds. The van der Waals surface area contributed by atoms with Gasteiger partial charge in [-0.3, -0.25) is 0 Å². The normalized spacial score (nSPS) is 10.3. The van der Waals surface area contributed by atoms with Crippen molar-refractivity contribution >= 4 is 11.8 Å². The summed E-state index contributed by atoms with van der Waals surface area (Å²) < 4.78 is 0. The molecule has 0 bridgehead atoms. The van der Waals surface area contributed by atoms with Crippen molar-refractivity contribution in [3.05, 3.63) is 48.3 Å². The van der Waals surface area contributed by atoms with Crippen molar-refractivity contribution in [2.45, 2.75) is 16.5 Å². The van der Waals surface area contributed by atoms with E-state index in [0.29, 0.717) is 6.54 Å². The van der Waals surface area contributed by atoms with E-state index in [1.54, 1.807) is 24.2 Å². The fraction of sp³-hybridized carbons (Fsp3) is 0.167. The Kier molecular flexibility index (Phi) is 3.91. The molecule has 2 N–H and O–H groups in total. The molecular formula is C12H13N3S. The van der Waals surface area contributed by atoms with Gasteiger partial charge in [0.1, 0.15) is 10.1 Å². The lowest BCUT2D eigenvalue weighted by molar-refractivity contribution is 0.910. The second-order valence-electron chi connectivity index (χ2n) is 3.28. The highest BCUT2D eigenvalue weighted by atomic mass is 32.2. The second-order valence-corrected chi connectivity index (χ2v) is 4.29. The quantitative estimate of drug-likeness (QED) is 0.875. The molecule has 2 aromatic heterocycles. The van der Waals surface area contributed by atoms with E-state index in [2.05, 4.69) is 16.0 Å². The SMILES string of the molecule is NCCc1cccnc1Sc1ccccn1. The molecule has 0 unspecified atom stereocenters. The summed E-state index contributed by atoms with van der Waals surface area (Å²) in [6.45, 7) is 0.640. The largest absolute Gasteiger partial charge is 0.330 e. The van der Waals surface area contributed by atoms with E-state index in [1.165, 1.54) is 5.56 Å². The van der Waals surface area contributed by atoms with Gasteiger partial charge in [0.15, 0.2) is 0 Å². The average molecular weight is 231 g/mol. The number of pyridine rings is 2. The van der Waals surface area contributed by atoms with Gasteiger partial charge in [0.05, 0.1) is 0 Å². The Morgan fingerprint density at radius 2 is 1.94 bits per heavy atom. The van der Waals surface area contributed by atoms with Crippen LogP contribution in [-0.2, 0) is 6.42 Å². The van der Waals surface area contributed by atoms with Gasteiger partial charge in [0.2, 0.25) is 0 Å². The molecule has 0 spiro atoms. The van der Waals surface area contributed by atoms with E-state index in [0.717, 1.165) is 16.5 Å². The van der Waals surface area contributed by atoms with Gasteiger partial charge >= 0.3 is 0 Å². The van der Waals surface area contributed by atoms with Crippen LogP contribution < -0.4 is 5.73 Å². The Hall–Kier alpha value is -1.39. The third kappa shape index (κ3) is 2.81. The maximum absolute atomic E-state index is 5.57. The highest BCUT2D eigenvalue weighted by molar-refractivity contribution is 7.99. The van der Waals surface area contributed by atoms with Crippen LogP contribution in [0.25, 0.3) is 0 Å².